The lowest BCUT2D eigenvalue weighted by molar-refractivity contribution is 0.0221. The number of nitrogens with zero attached hydrogens (tertiary/aromatic N) is 2. The van der Waals surface area contributed by atoms with E-state index in [1.807, 2.05) is 39.8 Å². The van der Waals surface area contributed by atoms with E-state index >= 15 is 0 Å². The van der Waals surface area contributed by atoms with Gasteiger partial charge in [0.2, 0.25) is 0 Å². The first-order valence-electron chi connectivity index (χ1n) is 6.79. The summed E-state index contributed by atoms with van der Waals surface area (Å²) in [5, 5.41) is 0. The molecule has 1 aromatic rings. The number of pyridine rings is 1. The average Bonchev–Trinajstić information content (AvgIpc) is 2.76. The second-order valence-corrected chi connectivity index (χ2v) is 6.04. The van der Waals surface area contributed by atoms with Gasteiger partial charge in [-0.05, 0) is 52.2 Å². The second kappa shape index (κ2) is 5.19. The third-order valence-corrected chi connectivity index (χ3v) is 3.25. The summed E-state index contributed by atoms with van der Waals surface area (Å²) in [6, 6.07) is 4.01. The second-order valence-electron chi connectivity index (χ2n) is 6.04. The summed E-state index contributed by atoms with van der Waals surface area (Å²) in [5.41, 5.74) is 1.66. The predicted octanol–water partition coefficient (Wildman–Crippen LogP) is 3.46. The predicted molar refractivity (Wildman–Crippen MR) is 73.9 cm³/mol. The standard InChI is InChI=1S/C15H22N2O2/c1-11-7-5-9-16-13(11)12-8-6-10-17(12)14(18)19-15(2,3)4/h5,7,9,12H,6,8,10H2,1-4H3/t12-/m1/s1. The normalized spacial score (nSPS) is 19.6. The highest BCUT2D eigenvalue weighted by Gasteiger charge is 2.34. The molecule has 0 unspecified atom stereocenters. The largest absolute Gasteiger partial charge is 0.444 e. The molecule has 1 aromatic heterocycles. The molecule has 1 saturated heterocycles. The Morgan fingerprint density at radius 3 is 2.84 bits per heavy atom. The zero-order valence-electron chi connectivity index (χ0n) is 12.1. The Balaban J connectivity index is 2.18. The van der Waals surface area contributed by atoms with Crippen LogP contribution in [-0.2, 0) is 4.74 Å². The molecule has 104 valence electrons. The van der Waals surface area contributed by atoms with Crippen LogP contribution in [0.15, 0.2) is 18.3 Å². The van der Waals surface area contributed by atoms with Crippen molar-refractivity contribution in [1.29, 1.82) is 0 Å². The third-order valence-electron chi connectivity index (χ3n) is 3.25. The number of ether oxygens (including phenoxy) is 1. The maximum absolute atomic E-state index is 12.2. The first-order valence-corrected chi connectivity index (χ1v) is 6.79. The lowest BCUT2D eigenvalue weighted by Gasteiger charge is -2.28. The zero-order chi connectivity index (χ0) is 14.0. The number of aryl methyl sites for hydroxylation is 1. The molecule has 1 aliphatic heterocycles. The van der Waals surface area contributed by atoms with E-state index < -0.39 is 5.60 Å². The maximum Gasteiger partial charge on any atom is 0.410 e. The molecular formula is C15H22N2O2. The Bertz CT molecular complexity index is 465. The first-order chi connectivity index (χ1) is 8.88. The Morgan fingerprint density at radius 1 is 1.47 bits per heavy atom. The Labute approximate surface area is 114 Å². The van der Waals surface area contributed by atoms with Gasteiger partial charge in [-0.1, -0.05) is 6.07 Å². The van der Waals surface area contributed by atoms with Gasteiger partial charge >= 0.3 is 6.09 Å². The van der Waals surface area contributed by atoms with Crippen LogP contribution in [0.4, 0.5) is 4.79 Å². The number of hydrogen-bond acceptors (Lipinski definition) is 3. The van der Waals surface area contributed by atoms with Crippen LogP contribution in [0.3, 0.4) is 0 Å². The molecule has 0 bridgehead atoms. The van der Waals surface area contributed by atoms with Crippen molar-refractivity contribution in [3.05, 3.63) is 29.6 Å². The van der Waals surface area contributed by atoms with E-state index in [4.69, 9.17) is 4.74 Å². The molecule has 1 fully saturated rings. The molecule has 0 spiro atoms. The van der Waals surface area contributed by atoms with Crippen molar-refractivity contribution >= 4 is 6.09 Å². The summed E-state index contributed by atoms with van der Waals surface area (Å²) < 4.78 is 5.47. The van der Waals surface area contributed by atoms with Gasteiger partial charge < -0.3 is 4.74 Å². The SMILES string of the molecule is Cc1cccnc1[C@H]1CCCN1C(=O)OC(C)(C)C. The van der Waals surface area contributed by atoms with E-state index in [-0.39, 0.29) is 12.1 Å². The third kappa shape index (κ3) is 3.25. The Morgan fingerprint density at radius 2 is 2.21 bits per heavy atom. The maximum atomic E-state index is 12.2. The summed E-state index contributed by atoms with van der Waals surface area (Å²) in [7, 11) is 0. The molecule has 0 saturated carbocycles. The van der Waals surface area contributed by atoms with Crippen LogP contribution in [-0.4, -0.2) is 28.1 Å². The van der Waals surface area contributed by atoms with Crippen molar-refractivity contribution in [1.82, 2.24) is 9.88 Å². The molecule has 19 heavy (non-hydrogen) atoms. The van der Waals surface area contributed by atoms with Gasteiger partial charge in [0.15, 0.2) is 0 Å². The number of aromatic nitrogens is 1. The minimum atomic E-state index is -0.455. The smallest absolute Gasteiger partial charge is 0.410 e. The van der Waals surface area contributed by atoms with Crippen LogP contribution in [0.1, 0.15) is 50.9 Å². The summed E-state index contributed by atoms with van der Waals surface area (Å²) in [6.07, 6.45) is 3.50. The van der Waals surface area contributed by atoms with Gasteiger partial charge in [0.05, 0.1) is 11.7 Å². The number of rotatable bonds is 1. The molecule has 0 N–H and O–H groups in total. The minimum Gasteiger partial charge on any atom is -0.444 e. The molecule has 4 nitrogen and oxygen atoms in total. The quantitative estimate of drug-likeness (QED) is 0.778. The van der Waals surface area contributed by atoms with E-state index in [0.717, 1.165) is 30.6 Å². The summed E-state index contributed by atoms with van der Waals surface area (Å²) in [6.45, 7) is 8.45. The van der Waals surface area contributed by atoms with Crippen LogP contribution in [0, 0.1) is 6.92 Å². The molecule has 0 aromatic carbocycles. The van der Waals surface area contributed by atoms with E-state index in [2.05, 4.69) is 4.98 Å². The molecule has 0 aliphatic carbocycles. The van der Waals surface area contributed by atoms with Gasteiger partial charge in [0, 0.05) is 12.7 Å². The number of carbonyl (C=O) groups is 1. The Kier molecular flexibility index (Phi) is 3.78. The lowest BCUT2D eigenvalue weighted by atomic mass is 10.1. The highest BCUT2D eigenvalue weighted by Crippen LogP contribution is 2.33. The molecule has 4 heteroatoms. The molecule has 1 aliphatic rings. The van der Waals surface area contributed by atoms with Crippen LogP contribution in [0.2, 0.25) is 0 Å². The van der Waals surface area contributed by atoms with Gasteiger partial charge in [-0.3, -0.25) is 9.88 Å². The lowest BCUT2D eigenvalue weighted by Crippen LogP contribution is -2.36. The number of hydrogen-bond donors (Lipinski definition) is 0. The van der Waals surface area contributed by atoms with E-state index in [9.17, 15) is 4.79 Å². The molecule has 1 amide bonds. The van der Waals surface area contributed by atoms with Crippen LogP contribution < -0.4 is 0 Å². The fourth-order valence-electron chi connectivity index (χ4n) is 2.44. The van der Waals surface area contributed by atoms with E-state index in [0.29, 0.717) is 0 Å². The van der Waals surface area contributed by atoms with Gasteiger partial charge in [0.1, 0.15) is 5.60 Å². The number of amides is 1. The van der Waals surface area contributed by atoms with Crippen molar-refractivity contribution in [3.63, 3.8) is 0 Å². The van der Waals surface area contributed by atoms with E-state index in [1.165, 1.54) is 0 Å². The molecule has 2 heterocycles. The highest BCUT2D eigenvalue weighted by molar-refractivity contribution is 5.69. The van der Waals surface area contributed by atoms with Crippen molar-refractivity contribution in [2.45, 2.75) is 52.2 Å². The molecule has 2 rings (SSSR count). The van der Waals surface area contributed by atoms with E-state index in [1.54, 1.807) is 11.1 Å². The molecular weight excluding hydrogens is 240 g/mol. The number of carbonyl (C=O) groups excluding carboxylic acids is 1. The van der Waals surface area contributed by atoms with Gasteiger partial charge in [-0.2, -0.15) is 0 Å². The molecule has 0 radical (unpaired) electrons. The average molecular weight is 262 g/mol. The fourth-order valence-corrected chi connectivity index (χ4v) is 2.44. The van der Waals surface area contributed by atoms with Gasteiger partial charge in [0.25, 0.3) is 0 Å². The van der Waals surface area contributed by atoms with Crippen LogP contribution >= 0.6 is 0 Å². The Hall–Kier alpha value is -1.58. The molecule has 1 atom stereocenters. The summed E-state index contributed by atoms with van der Waals surface area (Å²) in [5.74, 6) is 0. The summed E-state index contributed by atoms with van der Waals surface area (Å²) in [4.78, 5) is 18.5. The summed E-state index contributed by atoms with van der Waals surface area (Å²) >= 11 is 0. The van der Waals surface area contributed by atoms with Gasteiger partial charge in [-0.15, -0.1) is 0 Å². The topological polar surface area (TPSA) is 42.4 Å². The first kappa shape index (κ1) is 13.8. The van der Waals surface area contributed by atoms with Crippen molar-refractivity contribution < 1.29 is 9.53 Å². The van der Waals surface area contributed by atoms with Crippen molar-refractivity contribution in [3.8, 4) is 0 Å². The minimum absolute atomic E-state index is 0.0519. The van der Waals surface area contributed by atoms with Gasteiger partial charge in [-0.25, -0.2) is 4.79 Å². The van der Waals surface area contributed by atoms with Crippen LogP contribution in [0.5, 0.6) is 0 Å². The van der Waals surface area contributed by atoms with Crippen molar-refractivity contribution in [2.75, 3.05) is 6.54 Å². The van der Waals surface area contributed by atoms with Crippen molar-refractivity contribution in [2.24, 2.45) is 0 Å². The number of likely N-dealkylation sites (tertiary alicyclic amines) is 1. The van der Waals surface area contributed by atoms with Crippen LogP contribution in [0.25, 0.3) is 0 Å². The highest BCUT2D eigenvalue weighted by atomic mass is 16.6. The monoisotopic (exact) mass is 262 g/mol. The zero-order valence-corrected chi connectivity index (χ0v) is 12.1. The fraction of sp³-hybridized carbons (Fsp3) is 0.600.